The summed E-state index contributed by atoms with van der Waals surface area (Å²) in [5.74, 6) is -4.20. The Bertz CT molecular complexity index is 1210. The van der Waals surface area contributed by atoms with E-state index in [-0.39, 0.29) is 38.0 Å². The summed E-state index contributed by atoms with van der Waals surface area (Å²) in [6.45, 7) is 9.54. The summed E-state index contributed by atoms with van der Waals surface area (Å²) in [4.78, 5) is 78.0. The van der Waals surface area contributed by atoms with E-state index in [9.17, 15) is 33.9 Å². The lowest BCUT2D eigenvalue weighted by Crippen LogP contribution is -2.59. The molecule has 12 N–H and O–H groups in total. The van der Waals surface area contributed by atoms with Gasteiger partial charge in [-0.2, -0.15) is 0 Å². The Morgan fingerprint density at radius 1 is 0.755 bits per heavy atom. The van der Waals surface area contributed by atoms with E-state index in [2.05, 4.69) is 33.2 Å². The van der Waals surface area contributed by atoms with Crippen molar-refractivity contribution in [3.8, 4) is 0 Å². The number of nitrogens with one attached hydrogen (secondary N) is 5. The first-order valence-electron chi connectivity index (χ1n) is 16.8. The molecule has 16 nitrogen and oxygen atoms in total. The molecule has 0 saturated heterocycles. The van der Waals surface area contributed by atoms with Crippen LogP contribution in [0, 0.1) is 5.92 Å². The van der Waals surface area contributed by atoms with Gasteiger partial charge in [0.2, 0.25) is 29.5 Å². The molecule has 49 heavy (non-hydrogen) atoms. The van der Waals surface area contributed by atoms with Crippen molar-refractivity contribution in [2.75, 3.05) is 13.1 Å². The molecule has 0 radical (unpaired) electrons. The minimum Gasteiger partial charge on any atom is -0.480 e. The van der Waals surface area contributed by atoms with Crippen LogP contribution >= 0.6 is 0 Å². The molecule has 0 aliphatic heterocycles. The monoisotopic (exact) mass is 692 g/mol. The van der Waals surface area contributed by atoms with Crippen molar-refractivity contribution in [1.82, 2.24) is 26.6 Å². The smallest absolute Gasteiger partial charge is 0.326 e. The molecule has 276 valence electrons. The van der Waals surface area contributed by atoms with Crippen molar-refractivity contribution < 1.29 is 38.3 Å². The molecular weight excluding hydrogens is 636 g/mol. The Labute approximate surface area is 288 Å². The van der Waals surface area contributed by atoms with Crippen LogP contribution in [0.4, 0.5) is 0 Å². The van der Waals surface area contributed by atoms with Crippen molar-refractivity contribution in [2.24, 2.45) is 23.1 Å². The first-order chi connectivity index (χ1) is 23.2. The van der Waals surface area contributed by atoms with Crippen LogP contribution in [0.5, 0.6) is 0 Å². The molecule has 0 aliphatic carbocycles. The molecule has 0 aromatic carbocycles. The molecule has 0 bridgehead atoms. The van der Waals surface area contributed by atoms with Gasteiger partial charge in [0, 0.05) is 6.42 Å². The van der Waals surface area contributed by atoms with E-state index in [0.29, 0.717) is 44.5 Å². The molecule has 0 unspecified atom stereocenters. The van der Waals surface area contributed by atoms with Crippen LogP contribution in [0.15, 0.2) is 35.5 Å². The van der Waals surface area contributed by atoms with E-state index >= 15 is 0 Å². The minimum absolute atomic E-state index is 0.0343. The second-order valence-corrected chi connectivity index (χ2v) is 12.4. The standard InChI is InChI=1S/C33H56N8O8/c1-5-11-23(29(43)40-26(19-22-12-10-17-49-22)32(46)41-27(33(47)48)18-20(2)3)38-31(45)25(14-7-9-16-35)39-30(44)24(13-6-8-15-34)37-28(42)21(4)36/h5,10,12,17,20-21,23-27H,1,6-9,11,13-16,18-19,34-36H2,2-4H3,(H,37,42)(H,38,45)(H,39,44)(H,40,43)(H,41,46)(H,47,48)/t21-,23-,24-,25-,26-,27-/m0/s1. The zero-order valence-corrected chi connectivity index (χ0v) is 28.9. The van der Waals surface area contributed by atoms with Gasteiger partial charge in [-0.25, -0.2) is 4.79 Å². The number of furan rings is 1. The number of carbonyl (C=O) groups excluding carboxylic acids is 5. The number of hydrogen-bond acceptors (Lipinski definition) is 10. The van der Waals surface area contributed by atoms with Crippen LogP contribution in [0.1, 0.15) is 77.9 Å². The SMILES string of the molecule is C=CC[C@H](NC(=O)[C@H](CCCCN)NC(=O)[C@H](CCCCN)NC(=O)[C@H](C)N)C(=O)N[C@@H](Cc1ccco1)C(=O)N[C@@H](CC(C)C)C(=O)O. The molecule has 1 heterocycles. The number of carboxylic acids is 1. The van der Waals surface area contributed by atoms with Gasteiger partial charge in [0.15, 0.2) is 0 Å². The molecule has 16 heteroatoms. The van der Waals surface area contributed by atoms with Crippen molar-refractivity contribution >= 4 is 35.5 Å². The fourth-order valence-corrected chi connectivity index (χ4v) is 4.85. The number of carboxylic acid groups (broad SMARTS) is 1. The fraction of sp³-hybridized carbons (Fsp3) is 0.636. The van der Waals surface area contributed by atoms with Gasteiger partial charge in [-0.05, 0) is 89.4 Å². The molecular formula is C33H56N8O8. The largest absolute Gasteiger partial charge is 0.480 e. The predicted octanol–water partition coefficient (Wildman–Crippen LogP) is -0.442. The van der Waals surface area contributed by atoms with Crippen LogP contribution in [-0.2, 0) is 35.2 Å². The summed E-state index contributed by atoms with van der Waals surface area (Å²) in [5.41, 5.74) is 16.9. The van der Waals surface area contributed by atoms with Crippen LogP contribution in [-0.4, -0.2) is 90.0 Å². The maximum atomic E-state index is 13.6. The molecule has 5 amide bonds. The molecule has 6 atom stereocenters. The Morgan fingerprint density at radius 2 is 1.22 bits per heavy atom. The third kappa shape index (κ3) is 16.6. The number of nitrogens with two attached hydrogens (primary N) is 3. The normalized spacial score (nSPS) is 14.8. The lowest BCUT2D eigenvalue weighted by Gasteiger charge is -2.27. The number of aliphatic carboxylic acids is 1. The first-order valence-corrected chi connectivity index (χ1v) is 16.8. The number of unbranched alkanes of at least 4 members (excludes halogenated alkanes) is 2. The van der Waals surface area contributed by atoms with Gasteiger partial charge in [0.1, 0.15) is 36.0 Å². The van der Waals surface area contributed by atoms with Crippen molar-refractivity contribution in [1.29, 1.82) is 0 Å². The number of hydrogen-bond donors (Lipinski definition) is 9. The fourth-order valence-electron chi connectivity index (χ4n) is 4.85. The van der Waals surface area contributed by atoms with Crippen molar-refractivity contribution in [3.63, 3.8) is 0 Å². The maximum Gasteiger partial charge on any atom is 0.326 e. The summed E-state index contributed by atoms with van der Waals surface area (Å²) in [7, 11) is 0. The van der Waals surface area contributed by atoms with E-state index in [1.54, 1.807) is 12.1 Å². The molecule has 1 aromatic rings. The van der Waals surface area contributed by atoms with Crippen LogP contribution in [0.3, 0.4) is 0 Å². The molecule has 0 saturated carbocycles. The van der Waals surface area contributed by atoms with Gasteiger partial charge in [-0.1, -0.05) is 19.9 Å². The average Bonchev–Trinajstić information content (AvgIpc) is 3.55. The molecule has 0 fully saturated rings. The van der Waals surface area contributed by atoms with Gasteiger partial charge < -0.3 is 53.3 Å². The lowest BCUT2D eigenvalue weighted by atomic mass is 10.0. The molecule has 1 aromatic heterocycles. The van der Waals surface area contributed by atoms with E-state index in [0.717, 1.165) is 0 Å². The van der Waals surface area contributed by atoms with Crippen LogP contribution in [0.25, 0.3) is 0 Å². The second-order valence-electron chi connectivity index (χ2n) is 12.4. The van der Waals surface area contributed by atoms with Gasteiger partial charge in [-0.3, -0.25) is 24.0 Å². The number of amides is 5. The topological polar surface area (TPSA) is 274 Å². The van der Waals surface area contributed by atoms with Gasteiger partial charge in [-0.15, -0.1) is 6.58 Å². The molecule has 0 spiro atoms. The Balaban J connectivity index is 3.22. The van der Waals surface area contributed by atoms with E-state index in [1.807, 2.05) is 13.8 Å². The zero-order chi connectivity index (χ0) is 36.9. The van der Waals surface area contributed by atoms with Gasteiger partial charge >= 0.3 is 5.97 Å². The van der Waals surface area contributed by atoms with E-state index in [1.165, 1.54) is 19.3 Å². The highest BCUT2D eigenvalue weighted by Gasteiger charge is 2.32. The van der Waals surface area contributed by atoms with Crippen molar-refractivity contribution in [3.05, 3.63) is 36.8 Å². The highest BCUT2D eigenvalue weighted by Crippen LogP contribution is 2.10. The van der Waals surface area contributed by atoms with Crippen LogP contribution in [0.2, 0.25) is 0 Å². The Hall–Kier alpha value is -4.28. The average molecular weight is 693 g/mol. The Morgan fingerprint density at radius 3 is 1.67 bits per heavy atom. The zero-order valence-electron chi connectivity index (χ0n) is 28.9. The van der Waals surface area contributed by atoms with Crippen molar-refractivity contribution in [2.45, 2.75) is 115 Å². The summed E-state index contributed by atoms with van der Waals surface area (Å²) >= 11 is 0. The summed E-state index contributed by atoms with van der Waals surface area (Å²) in [6, 6.07) is -3.39. The quantitative estimate of drug-likeness (QED) is 0.0468. The molecule has 1 rings (SSSR count). The summed E-state index contributed by atoms with van der Waals surface area (Å²) in [5, 5.41) is 22.7. The lowest BCUT2D eigenvalue weighted by molar-refractivity contribution is -0.142. The predicted molar refractivity (Wildman–Crippen MR) is 183 cm³/mol. The van der Waals surface area contributed by atoms with E-state index < -0.39 is 71.8 Å². The number of rotatable bonds is 25. The highest BCUT2D eigenvalue weighted by atomic mass is 16.4. The van der Waals surface area contributed by atoms with Gasteiger partial charge in [0.05, 0.1) is 12.3 Å². The Kier molecular flexibility index (Phi) is 20.2. The number of carbonyl (C=O) groups is 6. The molecule has 0 aliphatic rings. The third-order valence-corrected chi connectivity index (χ3v) is 7.55. The van der Waals surface area contributed by atoms with Gasteiger partial charge in [0.25, 0.3) is 0 Å². The summed E-state index contributed by atoms with van der Waals surface area (Å²) in [6.07, 6.45) is 5.49. The highest BCUT2D eigenvalue weighted by molar-refractivity contribution is 5.96. The minimum atomic E-state index is -1.25. The maximum absolute atomic E-state index is 13.6. The third-order valence-electron chi connectivity index (χ3n) is 7.55. The first kappa shape index (κ1) is 42.7. The van der Waals surface area contributed by atoms with Crippen LogP contribution < -0.4 is 43.8 Å². The summed E-state index contributed by atoms with van der Waals surface area (Å²) < 4.78 is 5.37. The second kappa shape index (κ2) is 23.1. The van der Waals surface area contributed by atoms with E-state index in [4.69, 9.17) is 21.6 Å².